The number of rotatable bonds is 0. The van der Waals surface area contributed by atoms with Gasteiger partial charge in [0, 0.05) is 9.86 Å². The lowest BCUT2D eigenvalue weighted by Crippen LogP contribution is -1.95. The molecule has 0 aliphatic heterocycles. The molecule has 0 aliphatic carbocycles. The van der Waals surface area contributed by atoms with Crippen LogP contribution >= 0.6 is 27.5 Å². The highest BCUT2D eigenvalue weighted by molar-refractivity contribution is 9.10. The van der Waals surface area contributed by atoms with E-state index in [4.69, 9.17) is 17.3 Å². The first-order valence-corrected chi connectivity index (χ1v) is 4.72. The Balaban J connectivity index is 2.86. The summed E-state index contributed by atoms with van der Waals surface area (Å²) in [5.74, 6) is 0.190. The SMILES string of the molecule is Nc1nc(Cl)c2ccc(Br)cc2n1. The molecule has 13 heavy (non-hydrogen) atoms. The number of nitrogen functional groups attached to an aromatic ring is 1. The third-order valence-corrected chi connectivity index (χ3v) is 2.41. The van der Waals surface area contributed by atoms with Crippen LogP contribution in [0, 0.1) is 0 Å². The van der Waals surface area contributed by atoms with E-state index in [-0.39, 0.29) is 5.95 Å². The third-order valence-electron chi connectivity index (χ3n) is 1.63. The molecule has 0 bridgehead atoms. The van der Waals surface area contributed by atoms with Crippen molar-refractivity contribution >= 4 is 44.4 Å². The van der Waals surface area contributed by atoms with Crippen LogP contribution in [0.2, 0.25) is 5.15 Å². The molecule has 1 heterocycles. The molecule has 0 unspecified atom stereocenters. The summed E-state index contributed by atoms with van der Waals surface area (Å²) in [4.78, 5) is 7.90. The fourth-order valence-corrected chi connectivity index (χ4v) is 1.68. The van der Waals surface area contributed by atoms with Crippen molar-refractivity contribution in [2.24, 2.45) is 0 Å². The number of nitrogens with zero attached hydrogens (tertiary/aromatic N) is 2. The maximum Gasteiger partial charge on any atom is 0.222 e. The first-order valence-electron chi connectivity index (χ1n) is 3.55. The zero-order chi connectivity index (χ0) is 9.42. The Morgan fingerprint density at radius 3 is 2.85 bits per heavy atom. The molecular weight excluding hydrogens is 253 g/mol. The fraction of sp³-hybridized carbons (Fsp3) is 0. The van der Waals surface area contributed by atoms with Crippen LogP contribution in [0.4, 0.5) is 5.95 Å². The summed E-state index contributed by atoms with van der Waals surface area (Å²) in [5.41, 5.74) is 6.20. The summed E-state index contributed by atoms with van der Waals surface area (Å²) < 4.78 is 0.939. The van der Waals surface area contributed by atoms with Crippen molar-refractivity contribution in [2.45, 2.75) is 0 Å². The van der Waals surface area contributed by atoms with Crippen LogP contribution in [0.25, 0.3) is 10.9 Å². The minimum atomic E-state index is 0.190. The average Bonchev–Trinajstić information content (AvgIpc) is 2.02. The average molecular weight is 259 g/mol. The van der Waals surface area contributed by atoms with Gasteiger partial charge in [-0.3, -0.25) is 0 Å². The van der Waals surface area contributed by atoms with Gasteiger partial charge in [-0.2, -0.15) is 0 Å². The molecule has 2 rings (SSSR count). The van der Waals surface area contributed by atoms with Crippen LogP contribution in [-0.2, 0) is 0 Å². The molecule has 66 valence electrons. The summed E-state index contributed by atoms with van der Waals surface area (Å²) in [7, 11) is 0. The summed E-state index contributed by atoms with van der Waals surface area (Å²) in [6.07, 6.45) is 0. The largest absolute Gasteiger partial charge is 0.368 e. The summed E-state index contributed by atoms with van der Waals surface area (Å²) in [6, 6.07) is 5.58. The molecule has 0 spiro atoms. The van der Waals surface area contributed by atoms with Gasteiger partial charge in [-0.05, 0) is 18.2 Å². The maximum absolute atomic E-state index is 5.87. The molecule has 0 fully saturated rings. The van der Waals surface area contributed by atoms with Crippen molar-refractivity contribution in [3.8, 4) is 0 Å². The second-order valence-corrected chi connectivity index (χ2v) is 3.81. The number of anilines is 1. The van der Waals surface area contributed by atoms with Gasteiger partial charge in [-0.15, -0.1) is 0 Å². The van der Waals surface area contributed by atoms with Gasteiger partial charge in [-0.25, -0.2) is 9.97 Å². The first kappa shape index (κ1) is 8.72. The van der Waals surface area contributed by atoms with Gasteiger partial charge in [0.2, 0.25) is 5.95 Å². The zero-order valence-electron chi connectivity index (χ0n) is 6.46. The van der Waals surface area contributed by atoms with E-state index in [1.54, 1.807) is 0 Å². The topological polar surface area (TPSA) is 51.8 Å². The third kappa shape index (κ3) is 1.59. The fourth-order valence-electron chi connectivity index (χ4n) is 1.08. The first-order chi connectivity index (χ1) is 6.16. The van der Waals surface area contributed by atoms with E-state index >= 15 is 0 Å². The standard InChI is InChI=1S/C8H5BrClN3/c9-4-1-2-5-6(3-4)12-8(11)13-7(5)10/h1-3H,(H2,11,12,13). The van der Waals surface area contributed by atoms with Crippen molar-refractivity contribution in [1.29, 1.82) is 0 Å². The number of hydrogen-bond acceptors (Lipinski definition) is 3. The van der Waals surface area contributed by atoms with Gasteiger partial charge >= 0.3 is 0 Å². The second-order valence-electron chi connectivity index (χ2n) is 2.53. The van der Waals surface area contributed by atoms with E-state index in [1.165, 1.54) is 0 Å². The van der Waals surface area contributed by atoms with Gasteiger partial charge in [0.15, 0.2) is 0 Å². The number of hydrogen-bond donors (Lipinski definition) is 1. The quantitative estimate of drug-likeness (QED) is 0.739. The predicted octanol–water partition coefficient (Wildman–Crippen LogP) is 2.63. The van der Waals surface area contributed by atoms with E-state index in [9.17, 15) is 0 Å². The van der Waals surface area contributed by atoms with E-state index in [2.05, 4.69) is 25.9 Å². The summed E-state index contributed by atoms with van der Waals surface area (Å²) >= 11 is 9.21. The lowest BCUT2D eigenvalue weighted by molar-refractivity contribution is 1.24. The number of aromatic nitrogens is 2. The lowest BCUT2D eigenvalue weighted by atomic mass is 10.2. The van der Waals surface area contributed by atoms with Crippen molar-refractivity contribution in [3.63, 3.8) is 0 Å². The van der Waals surface area contributed by atoms with Gasteiger partial charge in [0.25, 0.3) is 0 Å². The molecule has 0 saturated carbocycles. The Morgan fingerprint density at radius 2 is 2.08 bits per heavy atom. The van der Waals surface area contributed by atoms with Crippen molar-refractivity contribution in [2.75, 3.05) is 5.73 Å². The van der Waals surface area contributed by atoms with Crippen LogP contribution in [-0.4, -0.2) is 9.97 Å². The number of fused-ring (bicyclic) bond motifs is 1. The normalized spacial score (nSPS) is 10.6. The van der Waals surface area contributed by atoms with E-state index in [0.717, 1.165) is 15.4 Å². The van der Waals surface area contributed by atoms with Gasteiger partial charge in [0.1, 0.15) is 5.15 Å². The van der Waals surface area contributed by atoms with Gasteiger partial charge < -0.3 is 5.73 Å². The van der Waals surface area contributed by atoms with E-state index < -0.39 is 0 Å². The number of benzene rings is 1. The smallest absolute Gasteiger partial charge is 0.222 e. The predicted molar refractivity (Wildman–Crippen MR) is 56.7 cm³/mol. The molecule has 2 N–H and O–H groups in total. The molecule has 1 aromatic heterocycles. The van der Waals surface area contributed by atoms with Crippen molar-refractivity contribution < 1.29 is 0 Å². The molecule has 3 nitrogen and oxygen atoms in total. The highest BCUT2D eigenvalue weighted by Crippen LogP contribution is 2.23. The van der Waals surface area contributed by atoms with Crippen LogP contribution in [0.5, 0.6) is 0 Å². The number of halogens is 2. The highest BCUT2D eigenvalue weighted by atomic mass is 79.9. The highest BCUT2D eigenvalue weighted by Gasteiger charge is 2.03. The zero-order valence-corrected chi connectivity index (χ0v) is 8.80. The van der Waals surface area contributed by atoms with E-state index in [0.29, 0.717) is 5.15 Å². The Bertz CT molecular complexity index is 467. The van der Waals surface area contributed by atoms with Crippen LogP contribution < -0.4 is 5.73 Å². The molecule has 0 radical (unpaired) electrons. The van der Waals surface area contributed by atoms with Crippen LogP contribution in [0.1, 0.15) is 0 Å². The maximum atomic E-state index is 5.87. The van der Waals surface area contributed by atoms with Crippen molar-refractivity contribution in [3.05, 3.63) is 27.8 Å². The Kier molecular flexibility index (Phi) is 2.09. The second kappa shape index (κ2) is 3.12. The van der Waals surface area contributed by atoms with Crippen molar-refractivity contribution in [1.82, 2.24) is 9.97 Å². The monoisotopic (exact) mass is 257 g/mol. The molecule has 2 aromatic rings. The van der Waals surface area contributed by atoms with E-state index in [1.807, 2.05) is 18.2 Å². The molecule has 5 heteroatoms. The lowest BCUT2D eigenvalue weighted by Gasteiger charge is -2.00. The molecule has 0 atom stereocenters. The Labute approximate surface area is 88.1 Å². The molecule has 0 aliphatic rings. The molecule has 0 saturated heterocycles. The Hall–Kier alpha value is -0.870. The molecule has 1 aromatic carbocycles. The minimum Gasteiger partial charge on any atom is -0.368 e. The van der Waals surface area contributed by atoms with Crippen LogP contribution in [0.15, 0.2) is 22.7 Å². The van der Waals surface area contributed by atoms with Gasteiger partial charge in [-0.1, -0.05) is 27.5 Å². The summed E-state index contributed by atoms with van der Waals surface area (Å²) in [5, 5.41) is 1.19. The Morgan fingerprint density at radius 1 is 1.31 bits per heavy atom. The molecular formula is C8H5BrClN3. The number of nitrogens with two attached hydrogens (primary N) is 1. The minimum absolute atomic E-state index is 0.190. The van der Waals surface area contributed by atoms with Crippen LogP contribution in [0.3, 0.4) is 0 Å². The summed E-state index contributed by atoms with van der Waals surface area (Å²) in [6.45, 7) is 0. The van der Waals surface area contributed by atoms with Gasteiger partial charge in [0.05, 0.1) is 5.52 Å². The molecule has 0 amide bonds.